The van der Waals surface area contributed by atoms with Crippen molar-refractivity contribution in [1.29, 1.82) is 0 Å². The maximum atomic E-state index is 10.9. The summed E-state index contributed by atoms with van der Waals surface area (Å²) in [5.74, 6) is 0. The van der Waals surface area contributed by atoms with E-state index in [-0.39, 0.29) is 0 Å². The molecule has 4 heteroatoms. The number of hydrogen-bond acceptors (Lipinski definition) is 2. The summed E-state index contributed by atoms with van der Waals surface area (Å²) in [5.41, 5.74) is 0.678. The van der Waals surface area contributed by atoms with Crippen LogP contribution in [0, 0.1) is 0 Å². The van der Waals surface area contributed by atoms with Gasteiger partial charge in [-0.05, 0) is 6.42 Å². The first-order valence-corrected chi connectivity index (χ1v) is 5.40. The average molecular weight is 283 g/mol. The monoisotopic (exact) mass is 283 g/mol. The number of carbonyl (C=O) groups excluding carboxylic acids is 1. The van der Waals surface area contributed by atoms with Gasteiger partial charge in [0.2, 0.25) is 0 Å². The highest BCUT2D eigenvalue weighted by atomic mass is 127. The second-order valence-corrected chi connectivity index (χ2v) is 3.11. The molecule has 0 aliphatic carbocycles. The maximum absolute atomic E-state index is 10.9. The molecule has 1 N–H and O–H groups in total. The van der Waals surface area contributed by atoms with Crippen LogP contribution in [0.5, 0.6) is 0 Å². The van der Waals surface area contributed by atoms with Gasteiger partial charge in [0, 0.05) is 10.1 Å². The quantitative estimate of drug-likeness (QED) is 0.478. The van der Waals surface area contributed by atoms with Gasteiger partial charge in [-0.3, -0.25) is 5.32 Å². The molecule has 0 aromatic carbocycles. The summed E-state index contributed by atoms with van der Waals surface area (Å²) < 4.78 is 5.55. The standard InChI is InChI=1S/C8H14INO2/c1-3-4-5-12-8(11)10-7(2)6-9/h2-6H2,1H3,(H,10,11). The zero-order valence-corrected chi connectivity index (χ0v) is 9.39. The minimum absolute atomic E-state index is 0.398. The lowest BCUT2D eigenvalue weighted by Crippen LogP contribution is -2.24. The number of unbranched alkanes of at least 4 members (excludes halogenated alkanes) is 1. The van der Waals surface area contributed by atoms with E-state index in [1.165, 1.54) is 0 Å². The van der Waals surface area contributed by atoms with Crippen LogP contribution in [-0.4, -0.2) is 17.1 Å². The van der Waals surface area contributed by atoms with Crippen molar-refractivity contribution in [3.05, 3.63) is 12.3 Å². The van der Waals surface area contributed by atoms with Crippen molar-refractivity contribution in [2.75, 3.05) is 11.0 Å². The highest BCUT2D eigenvalue weighted by molar-refractivity contribution is 14.1. The molecule has 0 fully saturated rings. The topological polar surface area (TPSA) is 38.3 Å². The predicted molar refractivity (Wildman–Crippen MR) is 57.4 cm³/mol. The Morgan fingerprint density at radius 2 is 2.33 bits per heavy atom. The molecule has 0 spiro atoms. The fourth-order valence-electron chi connectivity index (χ4n) is 0.523. The molecule has 70 valence electrons. The van der Waals surface area contributed by atoms with Crippen molar-refractivity contribution in [1.82, 2.24) is 5.32 Å². The Morgan fingerprint density at radius 1 is 1.67 bits per heavy atom. The van der Waals surface area contributed by atoms with Gasteiger partial charge in [0.05, 0.1) is 6.61 Å². The number of ether oxygens (including phenoxy) is 1. The molecule has 0 aromatic rings. The number of alkyl halides is 1. The third kappa shape index (κ3) is 6.45. The first-order chi connectivity index (χ1) is 5.70. The summed E-state index contributed by atoms with van der Waals surface area (Å²) >= 11 is 2.12. The number of hydrogen-bond donors (Lipinski definition) is 1. The van der Waals surface area contributed by atoms with Crippen molar-refractivity contribution < 1.29 is 9.53 Å². The number of carbonyl (C=O) groups is 1. The normalized spacial score (nSPS) is 9.17. The zero-order valence-electron chi connectivity index (χ0n) is 7.23. The first-order valence-electron chi connectivity index (χ1n) is 3.88. The van der Waals surface area contributed by atoms with E-state index in [0.717, 1.165) is 12.8 Å². The Kier molecular flexibility index (Phi) is 7.23. The molecule has 0 unspecified atom stereocenters. The van der Waals surface area contributed by atoms with Crippen molar-refractivity contribution in [3.8, 4) is 0 Å². The number of amides is 1. The highest BCUT2D eigenvalue weighted by Gasteiger charge is 2.01. The second-order valence-electron chi connectivity index (χ2n) is 2.35. The van der Waals surface area contributed by atoms with Crippen LogP contribution in [0.2, 0.25) is 0 Å². The van der Waals surface area contributed by atoms with Gasteiger partial charge in [-0.25, -0.2) is 4.79 Å². The van der Waals surface area contributed by atoms with Crippen LogP contribution in [0.4, 0.5) is 4.79 Å². The molecule has 3 nitrogen and oxygen atoms in total. The fraction of sp³-hybridized carbons (Fsp3) is 0.625. The lowest BCUT2D eigenvalue weighted by atomic mass is 10.4. The summed E-state index contributed by atoms with van der Waals surface area (Å²) in [6, 6.07) is 0. The molecule has 0 aliphatic rings. The van der Waals surface area contributed by atoms with Gasteiger partial charge >= 0.3 is 6.09 Å². The molecular weight excluding hydrogens is 269 g/mol. The second kappa shape index (κ2) is 7.39. The number of halogens is 1. The Hall–Kier alpha value is -0.260. The van der Waals surface area contributed by atoms with Gasteiger partial charge in [0.25, 0.3) is 0 Å². The minimum Gasteiger partial charge on any atom is -0.449 e. The Labute approximate surface area is 86.7 Å². The third-order valence-electron chi connectivity index (χ3n) is 1.17. The van der Waals surface area contributed by atoms with Gasteiger partial charge in [-0.15, -0.1) is 0 Å². The molecule has 0 rings (SSSR count). The SMILES string of the molecule is C=C(CI)NC(=O)OCCCC. The molecule has 0 atom stereocenters. The molecule has 0 aromatic heterocycles. The molecule has 0 saturated carbocycles. The average Bonchev–Trinajstić information content (AvgIpc) is 2.05. The third-order valence-corrected chi connectivity index (χ3v) is 2.09. The Balaban J connectivity index is 3.40. The zero-order chi connectivity index (χ0) is 9.40. The molecule has 0 bridgehead atoms. The van der Waals surface area contributed by atoms with Crippen LogP contribution >= 0.6 is 22.6 Å². The van der Waals surface area contributed by atoms with E-state index in [9.17, 15) is 4.79 Å². The first kappa shape index (κ1) is 11.7. The minimum atomic E-state index is -0.398. The van der Waals surface area contributed by atoms with Gasteiger partial charge in [0.15, 0.2) is 0 Å². The van der Waals surface area contributed by atoms with Crippen LogP contribution in [0.3, 0.4) is 0 Å². The van der Waals surface area contributed by atoms with Crippen LogP contribution in [0.15, 0.2) is 12.3 Å². The molecule has 0 radical (unpaired) electrons. The van der Waals surface area contributed by atoms with Gasteiger partial charge in [-0.1, -0.05) is 42.5 Å². The van der Waals surface area contributed by atoms with Crippen LogP contribution in [0.1, 0.15) is 19.8 Å². The predicted octanol–water partition coefficient (Wildman–Crippen LogP) is 2.46. The smallest absolute Gasteiger partial charge is 0.411 e. The van der Waals surface area contributed by atoms with E-state index in [1.54, 1.807) is 0 Å². The van der Waals surface area contributed by atoms with E-state index in [4.69, 9.17) is 4.74 Å². The molecule has 0 aliphatic heterocycles. The van der Waals surface area contributed by atoms with E-state index in [2.05, 4.69) is 34.5 Å². The number of nitrogens with one attached hydrogen (secondary N) is 1. The van der Waals surface area contributed by atoms with Gasteiger partial charge in [0.1, 0.15) is 0 Å². The molecule has 12 heavy (non-hydrogen) atoms. The van der Waals surface area contributed by atoms with E-state index < -0.39 is 6.09 Å². The number of allylic oxidation sites excluding steroid dienone is 1. The lowest BCUT2D eigenvalue weighted by Gasteiger charge is -2.05. The maximum Gasteiger partial charge on any atom is 0.411 e. The molecule has 0 saturated heterocycles. The van der Waals surface area contributed by atoms with Gasteiger partial charge < -0.3 is 4.74 Å². The molecule has 1 amide bonds. The van der Waals surface area contributed by atoms with Crippen molar-refractivity contribution >= 4 is 28.7 Å². The summed E-state index contributed by atoms with van der Waals surface area (Å²) in [5, 5.41) is 2.53. The fourth-order valence-corrected chi connectivity index (χ4v) is 0.714. The van der Waals surface area contributed by atoms with Gasteiger partial charge in [-0.2, -0.15) is 0 Å². The summed E-state index contributed by atoms with van der Waals surface area (Å²) in [4.78, 5) is 10.9. The number of alkyl carbamates (subject to hydrolysis) is 1. The van der Waals surface area contributed by atoms with Crippen LogP contribution < -0.4 is 5.32 Å². The highest BCUT2D eigenvalue weighted by Crippen LogP contribution is 1.94. The summed E-state index contributed by atoms with van der Waals surface area (Å²) in [6.45, 7) is 6.15. The summed E-state index contributed by atoms with van der Waals surface area (Å²) in [6.07, 6.45) is 1.54. The van der Waals surface area contributed by atoms with Crippen molar-refractivity contribution in [3.63, 3.8) is 0 Å². The lowest BCUT2D eigenvalue weighted by molar-refractivity contribution is 0.147. The van der Waals surface area contributed by atoms with Crippen molar-refractivity contribution in [2.45, 2.75) is 19.8 Å². The van der Waals surface area contributed by atoms with E-state index in [1.807, 2.05) is 6.92 Å². The molecule has 0 heterocycles. The van der Waals surface area contributed by atoms with Crippen LogP contribution in [0.25, 0.3) is 0 Å². The Morgan fingerprint density at radius 3 is 2.83 bits per heavy atom. The molecular formula is C8H14INO2. The van der Waals surface area contributed by atoms with Crippen LogP contribution in [-0.2, 0) is 4.74 Å². The largest absolute Gasteiger partial charge is 0.449 e. The summed E-state index contributed by atoms with van der Waals surface area (Å²) in [7, 11) is 0. The van der Waals surface area contributed by atoms with Crippen molar-refractivity contribution in [2.24, 2.45) is 0 Å². The van der Waals surface area contributed by atoms with E-state index in [0.29, 0.717) is 16.7 Å². The van der Waals surface area contributed by atoms with E-state index >= 15 is 0 Å². The number of rotatable bonds is 5. The Bertz CT molecular complexity index is 159.